The van der Waals surface area contributed by atoms with Gasteiger partial charge in [0.15, 0.2) is 62.9 Å². The molecule has 1 aromatic carbocycles. The van der Waals surface area contributed by atoms with E-state index in [-0.39, 0.29) is 12.2 Å². The molecule has 0 aromatic heterocycles. The number of nitrogens with one attached hydrogen (secondary N) is 1. The average Bonchev–Trinajstić information content (AvgIpc) is 1.01. The Kier molecular flexibility index (Phi) is 39.4. The van der Waals surface area contributed by atoms with Crippen LogP contribution in [-0.2, 0) is 125 Å². The predicted molar refractivity (Wildman–Crippen MR) is 431 cm³/mol. The van der Waals surface area contributed by atoms with Crippen LogP contribution in [0.5, 0.6) is 5.75 Å². The number of hydrogen-bond donors (Lipinski definition) is 33. The van der Waals surface area contributed by atoms with Gasteiger partial charge in [0.05, 0.1) is 78.1 Å². The topological polar surface area (TPSA) is 915 Å². The fourth-order valence-electron chi connectivity index (χ4n) is 18.8. The maximum Gasteiger partial charge on any atom is 0.288 e. The molecule has 0 spiro atoms. The van der Waals surface area contributed by atoms with Crippen LogP contribution >= 0.6 is 0 Å². The van der Waals surface area contributed by atoms with Crippen molar-refractivity contribution in [3.05, 3.63) is 29.8 Å². The first-order valence-electron chi connectivity index (χ1n) is 45.0. The van der Waals surface area contributed by atoms with E-state index in [2.05, 4.69) is 5.32 Å². The quantitative estimate of drug-likeness (QED) is 0.0275. The Morgan fingerprint density at radius 2 is 0.421 bits per heavy atom. The standard InChI is InChI=1S/C81H129NO58/c1-81(2)34(82-69(116)68(81)115)9-21-5-7-22(8-6-21)119-70-46(105)36(95)65(32(19-92)121-70)140-80-67(118-4)55(114)66(33(20-93)130-80)139-79-54(113)44(103)64(31(18-91)129-79)138-78-53(112)43(102)63(30(17-90)128-78)137-77-52(111)42(101)62(29(16-89)127-77)136-76-51(110)41(100)61(28(15-88)126-76)135-75-50(109)40(99)60(27(14-87)125-75)134-74-49(108)39(98)59(26(13-86)124-74)133-73-48(107)38(97)58(25(12-85)123-73)132-72-47(106)37(96)57(24(11-84)122-72)131-71-45(104)35(94)56(117-3)23(10-83)120-71/h5-8,23-67,70-80,83-114H,9-20H2,1-4H3,(H,82,116). The van der Waals surface area contributed by atoms with Crippen molar-refractivity contribution in [2.45, 2.75) is 364 Å². The van der Waals surface area contributed by atoms with Crippen LogP contribution in [0.3, 0.4) is 0 Å². The Hall–Kier alpha value is -4.04. The highest BCUT2D eigenvalue weighted by atomic mass is 16.8. The van der Waals surface area contributed by atoms with Gasteiger partial charge in [0.1, 0.15) is 274 Å². The monoisotopic (exact) mass is 2040 g/mol. The van der Waals surface area contributed by atoms with Gasteiger partial charge < -0.3 is 282 Å². The molecule has 12 aliphatic rings. The minimum absolute atomic E-state index is 0.128. The number of ether oxygens (including phenoxy) is 24. The summed E-state index contributed by atoms with van der Waals surface area (Å²) in [6, 6.07) is 5.76. The van der Waals surface area contributed by atoms with Crippen molar-refractivity contribution in [3.63, 3.8) is 0 Å². The molecule has 0 bridgehead atoms. The van der Waals surface area contributed by atoms with E-state index >= 15 is 0 Å². The molecule has 56 unspecified atom stereocenters. The van der Waals surface area contributed by atoms with Crippen molar-refractivity contribution >= 4 is 11.7 Å². The highest BCUT2D eigenvalue weighted by Crippen LogP contribution is 2.43. The van der Waals surface area contributed by atoms with Crippen LogP contribution in [0.25, 0.3) is 0 Å². The minimum atomic E-state index is -2.35. The van der Waals surface area contributed by atoms with Gasteiger partial charge in [-0.3, -0.25) is 9.59 Å². The number of amides is 1. The zero-order valence-electron chi connectivity index (χ0n) is 75.1. The second-order valence-corrected chi connectivity index (χ2v) is 36.2. The molecule has 0 aliphatic carbocycles. The molecule has 12 fully saturated rings. The highest BCUT2D eigenvalue weighted by Gasteiger charge is 2.63. The van der Waals surface area contributed by atoms with Crippen LogP contribution in [0.15, 0.2) is 24.3 Å². The summed E-state index contributed by atoms with van der Waals surface area (Å²) in [5.74, 6) is -1.12. The van der Waals surface area contributed by atoms with E-state index in [0.29, 0.717) is 5.56 Å². The van der Waals surface area contributed by atoms with Crippen LogP contribution < -0.4 is 10.1 Å². The van der Waals surface area contributed by atoms with E-state index in [9.17, 15) is 173 Å². The summed E-state index contributed by atoms with van der Waals surface area (Å²) in [4.78, 5) is 24.5. The summed E-state index contributed by atoms with van der Waals surface area (Å²) in [5, 5.41) is 358. The number of hydrogen-bond acceptors (Lipinski definition) is 58. The smallest absolute Gasteiger partial charge is 0.288 e. The van der Waals surface area contributed by atoms with E-state index in [4.69, 9.17) is 114 Å². The van der Waals surface area contributed by atoms with E-state index in [1.807, 2.05) is 0 Å². The third kappa shape index (κ3) is 23.1. The van der Waals surface area contributed by atoms with Crippen molar-refractivity contribution < 1.29 is 287 Å². The number of benzene rings is 1. The van der Waals surface area contributed by atoms with E-state index in [1.165, 1.54) is 12.1 Å². The van der Waals surface area contributed by atoms with Crippen molar-refractivity contribution in [3.8, 4) is 5.75 Å². The Morgan fingerprint density at radius 1 is 0.243 bits per heavy atom. The Balaban J connectivity index is 0.564. The molecular weight excluding hydrogens is 1910 g/mol. The third-order valence-corrected chi connectivity index (χ3v) is 27.0. The number of methoxy groups -OCH3 is 2. The maximum absolute atomic E-state index is 12.4. The lowest BCUT2D eigenvalue weighted by molar-refractivity contribution is -0.401. The summed E-state index contributed by atoms with van der Waals surface area (Å²) in [5.41, 5.74) is -0.275. The molecule has 0 radical (unpaired) electrons. The van der Waals surface area contributed by atoms with E-state index < -0.39 is 434 Å². The number of ketones is 1. The largest absolute Gasteiger partial charge is 0.462 e. The van der Waals surface area contributed by atoms with Gasteiger partial charge in [0, 0.05) is 20.3 Å². The van der Waals surface area contributed by atoms with Gasteiger partial charge in [-0.2, -0.15) is 0 Å². The van der Waals surface area contributed by atoms with Gasteiger partial charge in [0.2, 0.25) is 12.1 Å². The van der Waals surface area contributed by atoms with Gasteiger partial charge in [-0.15, -0.1) is 0 Å². The summed E-state index contributed by atoms with van der Waals surface area (Å²) in [6.45, 7) is -8.26. The maximum atomic E-state index is 12.4. The molecular formula is C81H129NO58. The molecule has 12 aliphatic heterocycles. The first-order chi connectivity index (χ1) is 66.6. The minimum Gasteiger partial charge on any atom is -0.462 e. The number of rotatable bonds is 37. The van der Waals surface area contributed by atoms with Gasteiger partial charge in [-0.25, -0.2) is 0 Å². The number of aliphatic hydroxyl groups is 32. The van der Waals surface area contributed by atoms with Crippen molar-refractivity contribution in [2.75, 3.05) is 86.9 Å². The molecule has 56 atom stereocenters. The lowest BCUT2D eigenvalue weighted by Crippen LogP contribution is -2.69. The zero-order chi connectivity index (χ0) is 102. The van der Waals surface area contributed by atoms with Gasteiger partial charge in [0.25, 0.3) is 5.91 Å². The van der Waals surface area contributed by atoms with Crippen molar-refractivity contribution in [1.29, 1.82) is 0 Å². The molecule has 140 heavy (non-hydrogen) atoms. The van der Waals surface area contributed by atoms with Crippen LogP contribution in [0.4, 0.5) is 0 Å². The fourth-order valence-corrected chi connectivity index (χ4v) is 18.8. The number of carbonyl (C=O) groups is 2. The Morgan fingerprint density at radius 3 is 0.621 bits per heavy atom. The van der Waals surface area contributed by atoms with Crippen LogP contribution in [0.2, 0.25) is 0 Å². The Labute approximate surface area is 793 Å². The lowest BCUT2D eigenvalue weighted by atomic mass is 9.81. The summed E-state index contributed by atoms with van der Waals surface area (Å²) >= 11 is 0. The summed E-state index contributed by atoms with van der Waals surface area (Å²) < 4.78 is 137. The molecule has 1 aromatic rings. The fraction of sp³-hybridized carbons (Fsp3) is 0.901. The average molecular weight is 2040 g/mol. The first-order valence-corrected chi connectivity index (χ1v) is 45.0. The highest BCUT2D eigenvalue weighted by molar-refractivity contribution is 6.40. The van der Waals surface area contributed by atoms with E-state index in [0.717, 1.165) is 14.2 Å². The molecule has 0 saturated carbocycles. The van der Waals surface area contributed by atoms with Crippen LogP contribution in [0, 0.1) is 5.41 Å². The molecule has 59 heteroatoms. The molecule has 12 heterocycles. The predicted octanol–water partition coefficient (Wildman–Crippen LogP) is -21.9. The molecule has 13 rings (SSSR count). The molecule has 33 N–H and O–H groups in total. The summed E-state index contributed by atoms with van der Waals surface area (Å²) in [6.07, 6.45) is -109. The first kappa shape index (κ1) is 113. The molecule has 806 valence electrons. The number of aliphatic hydroxyl groups excluding tert-OH is 32. The third-order valence-electron chi connectivity index (χ3n) is 27.0. The zero-order valence-corrected chi connectivity index (χ0v) is 75.1. The van der Waals surface area contributed by atoms with E-state index in [1.54, 1.807) is 26.0 Å². The van der Waals surface area contributed by atoms with Crippen molar-refractivity contribution in [1.82, 2.24) is 5.32 Å². The number of Topliss-reactive ketones (excluding diaryl/α,β-unsaturated/α-hetero) is 1. The van der Waals surface area contributed by atoms with Crippen molar-refractivity contribution in [2.24, 2.45) is 5.41 Å². The van der Waals surface area contributed by atoms with Crippen LogP contribution in [0.1, 0.15) is 19.4 Å². The van der Waals surface area contributed by atoms with Crippen LogP contribution in [-0.4, -0.2) is 606 Å². The second-order valence-electron chi connectivity index (χ2n) is 36.2. The normalized spacial score (nSPS) is 49.8. The molecule has 1 amide bonds. The number of carbonyl (C=O) groups excluding carboxylic acids is 2. The Bertz CT molecular complexity index is 3960. The van der Waals surface area contributed by atoms with Gasteiger partial charge in [-0.05, 0) is 24.1 Å². The second kappa shape index (κ2) is 48.7. The van der Waals surface area contributed by atoms with Gasteiger partial charge in [-0.1, -0.05) is 26.0 Å². The molecule has 59 nitrogen and oxygen atoms in total. The van der Waals surface area contributed by atoms with Gasteiger partial charge >= 0.3 is 0 Å². The SMILES string of the molecule is COC1C(CO)OC(OC2C(CO)OC(OC3C(CO)OC(OC4C(CO)OC(OC5C(CO)OC(OC6C(CO)OC(OC7C(CO)OC(OC8C(CO)OC(OC9C(CO)OC(OC%10C(CO)OC(OC%11C(CO)OC(Oc%12ccc(CC%13NC(=O)C(=O)C%13(C)C)cc%12)C(O)C%11O)C(OC)C%10O)C(O)C9O)C(O)C8O)C(O)C7O)C(O)C6O)C(O)C5O)C(O)C4O)C(O)C3O)C(O)C2O)C(O)C1O. The lowest BCUT2D eigenvalue weighted by Gasteiger charge is -2.50. The molecule has 12 saturated heterocycles. The summed E-state index contributed by atoms with van der Waals surface area (Å²) in [7, 11) is 2.24.